The van der Waals surface area contributed by atoms with Gasteiger partial charge in [0.25, 0.3) is 0 Å². The van der Waals surface area contributed by atoms with E-state index in [9.17, 15) is 23.5 Å². The molecular formula is C26H23F2NO5. The van der Waals surface area contributed by atoms with E-state index >= 15 is 0 Å². The number of ether oxygens (including phenoxy) is 2. The first-order valence-corrected chi connectivity index (χ1v) is 10.7. The number of aromatic carboxylic acids is 1. The van der Waals surface area contributed by atoms with Gasteiger partial charge in [-0.25, -0.2) is 4.79 Å². The van der Waals surface area contributed by atoms with E-state index in [2.05, 4.69) is 14.8 Å². The molecule has 1 fully saturated rings. The number of nitrogens with one attached hydrogen (secondary N) is 1. The highest BCUT2D eigenvalue weighted by molar-refractivity contribution is 6.02. The summed E-state index contributed by atoms with van der Waals surface area (Å²) in [6.45, 7) is 3.78. The van der Waals surface area contributed by atoms with E-state index in [1.165, 1.54) is 12.1 Å². The van der Waals surface area contributed by atoms with Crippen molar-refractivity contribution in [3.63, 3.8) is 0 Å². The predicted octanol–water partition coefficient (Wildman–Crippen LogP) is 5.91. The monoisotopic (exact) mass is 467 g/mol. The molecule has 5 rings (SSSR count). The van der Waals surface area contributed by atoms with Crippen molar-refractivity contribution in [3.8, 4) is 22.6 Å². The summed E-state index contributed by atoms with van der Waals surface area (Å²) in [4.78, 5) is 24.5. The summed E-state index contributed by atoms with van der Waals surface area (Å²) < 4.78 is 35.7. The number of hydrogen-bond acceptors (Lipinski definition) is 4. The molecule has 6 nitrogen and oxygen atoms in total. The molecule has 1 saturated carbocycles. The molecule has 1 heterocycles. The summed E-state index contributed by atoms with van der Waals surface area (Å²) in [5.74, 6) is -1.36. The van der Waals surface area contributed by atoms with Crippen LogP contribution in [0.2, 0.25) is 0 Å². The van der Waals surface area contributed by atoms with Crippen LogP contribution in [0.3, 0.4) is 0 Å². The van der Waals surface area contributed by atoms with Crippen molar-refractivity contribution in [2.75, 3.05) is 5.32 Å². The lowest BCUT2D eigenvalue weighted by Crippen LogP contribution is -2.28. The molecule has 0 bridgehead atoms. The van der Waals surface area contributed by atoms with Crippen LogP contribution in [0.4, 0.5) is 14.5 Å². The zero-order valence-corrected chi connectivity index (χ0v) is 18.4. The Kier molecular flexibility index (Phi) is 4.86. The van der Waals surface area contributed by atoms with Crippen LogP contribution >= 0.6 is 0 Å². The SMILES string of the molecule is Cc1cc(C(=O)O)ccc1-c1cc(NC(=O)C2(c3ccc4c(c3)OC(F)(F)O4)CC2)ccc1C.[HH]. The number of amides is 1. The van der Waals surface area contributed by atoms with E-state index < -0.39 is 17.7 Å². The fraction of sp³-hybridized carbons (Fsp3) is 0.231. The molecule has 1 amide bonds. The Morgan fingerprint density at radius 1 is 0.912 bits per heavy atom. The molecule has 0 atom stereocenters. The Morgan fingerprint density at radius 2 is 1.65 bits per heavy atom. The number of benzene rings is 3. The van der Waals surface area contributed by atoms with Crippen LogP contribution in [0.5, 0.6) is 11.5 Å². The Morgan fingerprint density at radius 3 is 2.32 bits per heavy atom. The number of anilines is 1. The molecule has 2 N–H and O–H groups in total. The molecule has 34 heavy (non-hydrogen) atoms. The van der Waals surface area contributed by atoms with E-state index in [1.807, 2.05) is 26.0 Å². The normalized spacial score (nSPS) is 16.7. The second-order valence-corrected chi connectivity index (χ2v) is 8.73. The highest BCUT2D eigenvalue weighted by Crippen LogP contribution is 2.52. The van der Waals surface area contributed by atoms with Crippen molar-refractivity contribution in [1.29, 1.82) is 0 Å². The summed E-state index contributed by atoms with van der Waals surface area (Å²) >= 11 is 0. The van der Waals surface area contributed by atoms with Crippen molar-refractivity contribution in [1.82, 2.24) is 0 Å². The number of carbonyl (C=O) groups excluding carboxylic acids is 1. The number of carboxylic acids is 1. The van der Waals surface area contributed by atoms with Gasteiger partial charge in [-0.3, -0.25) is 4.79 Å². The number of aryl methyl sites for hydroxylation is 2. The number of alkyl halides is 2. The van der Waals surface area contributed by atoms with Crippen molar-refractivity contribution in [2.45, 2.75) is 38.4 Å². The molecule has 0 aromatic heterocycles. The molecular weight excluding hydrogens is 444 g/mol. The van der Waals surface area contributed by atoms with Crippen LogP contribution in [0.25, 0.3) is 11.1 Å². The van der Waals surface area contributed by atoms with Gasteiger partial charge in [0.2, 0.25) is 5.91 Å². The molecule has 0 radical (unpaired) electrons. The average Bonchev–Trinajstić information content (AvgIpc) is 3.52. The van der Waals surface area contributed by atoms with Gasteiger partial charge in [-0.05, 0) is 90.9 Å². The van der Waals surface area contributed by atoms with Gasteiger partial charge in [-0.15, -0.1) is 8.78 Å². The number of halogens is 2. The molecule has 1 aliphatic carbocycles. The maximum absolute atomic E-state index is 13.4. The Labute approximate surface area is 195 Å². The topological polar surface area (TPSA) is 84.9 Å². The summed E-state index contributed by atoms with van der Waals surface area (Å²) in [7, 11) is 0. The minimum Gasteiger partial charge on any atom is -0.478 e. The minimum atomic E-state index is -3.71. The highest BCUT2D eigenvalue weighted by atomic mass is 19.3. The smallest absolute Gasteiger partial charge is 0.478 e. The van der Waals surface area contributed by atoms with E-state index in [-0.39, 0.29) is 24.4 Å². The van der Waals surface area contributed by atoms with Gasteiger partial charge in [0.1, 0.15) is 0 Å². The Hall–Kier alpha value is -3.94. The predicted molar refractivity (Wildman–Crippen MR) is 123 cm³/mol. The lowest BCUT2D eigenvalue weighted by Gasteiger charge is -2.18. The first kappa shape index (κ1) is 21.9. The lowest BCUT2D eigenvalue weighted by atomic mass is 9.93. The molecule has 0 unspecified atom stereocenters. The number of hydrogen-bond donors (Lipinski definition) is 2. The minimum absolute atomic E-state index is 0. The Bertz CT molecular complexity index is 1350. The number of carbonyl (C=O) groups is 2. The number of carboxylic acid groups (broad SMARTS) is 1. The maximum atomic E-state index is 13.4. The van der Waals surface area contributed by atoms with E-state index in [0.29, 0.717) is 24.1 Å². The first-order valence-electron chi connectivity index (χ1n) is 10.7. The second-order valence-electron chi connectivity index (χ2n) is 8.73. The average molecular weight is 467 g/mol. The van der Waals surface area contributed by atoms with Crippen LogP contribution in [-0.2, 0) is 10.2 Å². The number of fused-ring (bicyclic) bond motifs is 1. The van der Waals surface area contributed by atoms with Crippen LogP contribution < -0.4 is 14.8 Å². The molecule has 176 valence electrons. The third kappa shape index (κ3) is 3.75. The van der Waals surface area contributed by atoms with Gasteiger partial charge in [0, 0.05) is 7.11 Å². The summed E-state index contributed by atoms with van der Waals surface area (Å²) in [5, 5.41) is 12.2. The highest BCUT2D eigenvalue weighted by Gasteiger charge is 2.52. The molecule has 0 spiro atoms. The van der Waals surface area contributed by atoms with Gasteiger partial charge in [0.15, 0.2) is 11.5 Å². The lowest BCUT2D eigenvalue weighted by molar-refractivity contribution is -0.286. The molecule has 3 aromatic rings. The van der Waals surface area contributed by atoms with E-state index in [4.69, 9.17) is 0 Å². The standard InChI is InChI=1S/C26H21F2NO5.H2/c1-14-3-6-18(13-20(14)19-7-4-16(23(30)31)11-15(19)2)29-24(32)25(9-10-25)17-5-8-21-22(12-17)34-26(27,28)33-21;/h3-8,11-13H,9-10H2,1-2H3,(H,29,32)(H,30,31);1H. The quantitative estimate of drug-likeness (QED) is 0.488. The van der Waals surface area contributed by atoms with Gasteiger partial charge in [-0.1, -0.05) is 18.2 Å². The number of rotatable bonds is 5. The van der Waals surface area contributed by atoms with Gasteiger partial charge in [0.05, 0.1) is 11.0 Å². The first-order chi connectivity index (χ1) is 16.1. The molecule has 1 aliphatic heterocycles. The molecule has 3 aromatic carbocycles. The van der Waals surface area contributed by atoms with Gasteiger partial charge in [-0.2, -0.15) is 0 Å². The van der Waals surface area contributed by atoms with Crippen LogP contribution in [-0.4, -0.2) is 23.3 Å². The summed E-state index contributed by atoms with van der Waals surface area (Å²) in [6, 6.07) is 14.9. The summed E-state index contributed by atoms with van der Waals surface area (Å²) in [6.07, 6.45) is -2.54. The molecule has 0 saturated heterocycles. The Balaban J connectivity index is 0.00000289. The van der Waals surface area contributed by atoms with Crippen molar-refractivity contribution >= 4 is 17.6 Å². The summed E-state index contributed by atoms with van der Waals surface area (Å²) in [5.41, 5.74) is 4.10. The van der Waals surface area contributed by atoms with Crippen molar-refractivity contribution < 1.29 is 34.4 Å². The van der Waals surface area contributed by atoms with Crippen LogP contribution in [0, 0.1) is 13.8 Å². The zero-order chi connectivity index (χ0) is 24.3. The van der Waals surface area contributed by atoms with E-state index in [1.54, 1.807) is 30.3 Å². The largest absolute Gasteiger partial charge is 0.586 e. The van der Waals surface area contributed by atoms with Crippen LogP contribution in [0.15, 0.2) is 54.6 Å². The third-order valence-electron chi connectivity index (χ3n) is 6.40. The van der Waals surface area contributed by atoms with Gasteiger partial charge < -0.3 is 19.9 Å². The fourth-order valence-electron chi connectivity index (χ4n) is 4.36. The molecule has 2 aliphatic rings. The maximum Gasteiger partial charge on any atom is 0.586 e. The third-order valence-corrected chi connectivity index (χ3v) is 6.40. The van der Waals surface area contributed by atoms with Crippen molar-refractivity contribution in [2.24, 2.45) is 0 Å². The second kappa shape index (κ2) is 7.55. The molecule has 8 heteroatoms. The van der Waals surface area contributed by atoms with E-state index in [0.717, 1.165) is 22.3 Å². The van der Waals surface area contributed by atoms with Crippen LogP contribution in [0.1, 0.15) is 41.3 Å². The fourth-order valence-corrected chi connectivity index (χ4v) is 4.36. The van der Waals surface area contributed by atoms with Gasteiger partial charge >= 0.3 is 12.3 Å². The zero-order valence-electron chi connectivity index (χ0n) is 18.4. The van der Waals surface area contributed by atoms with Crippen molar-refractivity contribution in [3.05, 3.63) is 76.9 Å².